The standard InChI is InChI=1S/C17H16ClN3O3/c18-11-3-4-15-14(8-11)13(5-7-24-15)17(23)20-10-16(22)21-12-2-1-6-19-9-12/h1-4,6,8-9,13H,5,7,10H2,(H,20,23)(H,21,22)/t13-/m1/s1. The topological polar surface area (TPSA) is 80.3 Å². The minimum atomic E-state index is -0.376. The van der Waals surface area contributed by atoms with Crippen molar-refractivity contribution in [3.8, 4) is 5.75 Å². The Morgan fingerprint density at radius 3 is 3.00 bits per heavy atom. The van der Waals surface area contributed by atoms with Crippen LogP contribution in [0.4, 0.5) is 5.69 Å². The molecule has 0 radical (unpaired) electrons. The van der Waals surface area contributed by atoms with Crippen molar-refractivity contribution in [1.29, 1.82) is 0 Å². The van der Waals surface area contributed by atoms with E-state index in [9.17, 15) is 9.59 Å². The van der Waals surface area contributed by atoms with Crippen molar-refractivity contribution in [2.24, 2.45) is 0 Å². The van der Waals surface area contributed by atoms with Crippen molar-refractivity contribution in [2.75, 3.05) is 18.5 Å². The van der Waals surface area contributed by atoms with Crippen molar-refractivity contribution in [3.63, 3.8) is 0 Å². The van der Waals surface area contributed by atoms with E-state index in [0.717, 1.165) is 5.56 Å². The van der Waals surface area contributed by atoms with E-state index < -0.39 is 0 Å². The lowest BCUT2D eigenvalue weighted by atomic mass is 9.92. The second-order valence-electron chi connectivity index (χ2n) is 5.38. The predicted octanol–water partition coefficient (Wildman–Crippen LogP) is 2.36. The Morgan fingerprint density at radius 1 is 1.33 bits per heavy atom. The van der Waals surface area contributed by atoms with Crippen LogP contribution in [0.1, 0.15) is 17.9 Å². The molecule has 0 saturated carbocycles. The number of halogens is 1. The van der Waals surface area contributed by atoms with Crippen LogP contribution in [0.25, 0.3) is 0 Å². The molecule has 2 aromatic rings. The van der Waals surface area contributed by atoms with E-state index in [-0.39, 0.29) is 24.3 Å². The maximum atomic E-state index is 12.4. The van der Waals surface area contributed by atoms with Crippen molar-refractivity contribution in [1.82, 2.24) is 10.3 Å². The third kappa shape index (κ3) is 3.83. The maximum Gasteiger partial charge on any atom is 0.243 e. The molecule has 0 fully saturated rings. The lowest BCUT2D eigenvalue weighted by Crippen LogP contribution is -2.37. The van der Waals surface area contributed by atoms with Crippen LogP contribution >= 0.6 is 11.6 Å². The first-order chi connectivity index (χ1) is 11.6. The molecule has 0 saturated heterocycles. The fourth-order valence-corrected chi connectivity index (χ4v) is 2.75. The highest BCUT2D eigenvalue weighted by Crippen LogP contribution is 2.35. The van der Waals surface area contributed by atoms with E-state index in [0.29, 0.717) is 29.5 Å². The lowest BCUT2D eigenvalue weighted by molar-refractivity contribution is -0.125. The predicted molar refractivity (Wildman–Crippen MR) is 90.2 cm³/mol. The molecule has 1 aliphatic heterocycles. The lowest BCUT2D eigenvalue weighted by Gasteiger charge is -2.25. The molecule has 1 aromatic heterocycles. The number of aromatic nitrogens is 1. The number of ether oxygens (including phenoxy) is 1. The normalized spacial score (nSPS) is 15.8. The van der Waals surface area contributed by atoms with Crippen molar-refractivity contribution in [2.45, 2.75) is 12.3 Å². The molecule has 124 valence electrons. The highest BCUT2D eigenvalue weighted by Gasteiger charge is 2.28. The average Bonchev–Trinajstić information content (AvgIpc) is 2.60. The molecule has 0 unspecified atom stereocenters. The molecule has 6 nitrogen and oxygen atoms in total. The van der Waals surface area contributed by atoms with Crippen LogP contribution in [0, 0.1) is 0 Å². The summed E-state index contributed by atoms with van der Waals surface area (Å²) in [4.78, 5) is 28.2. The number of carbonyl (C=O) groups excluding carboxylic acids is 2. The van der Waals surface area contributed by atoms with Gasteiger partial charge < -0.3 is 15.4 Å². The molecule has 7 heteroatoms. The Bertz CT molecular complexity index is 752. The third-order valence-corrected chi connectivity index (χ3v) is 3.93. The van der Waals surface area contributed by atoms with Crippen molar-refractivity contribution in [3.05, 3.63) is 53.3 Å². The van der Waals surface area contributed by atoms with Gasteiger partial charge in [0.05, 0.1) is 31.0 Å². The van der Waals surface area contributed by atoms with Gasteiger partial charge in [-0.05, 0) is 36.8 Å². The SMILES string of the molecule is O=C(CNC(=O)[C@@H]1CCOc2ccc(Cl)cc21)Nc1cccnc1. The van der Waals surface area contributed by atoms with Gasteiger partial charge in [-0.15, -0.1) is 0 Å². The molecule has 24 heavy (non-hydrogen) atoms. The first-order valence-electron chi connectivity index (χ1n) is 7.53. The van der Waals surface area contributed by atoms with Gasteiger partial charge in [0.1, 0.15) is 5.75 Å². The number of rotatable bonds is 4. The summed E-state index contributed by atoms with van der Waals surface area (Å²) in [7, 11) is 0. The van der Waals surface area contributed by atoms with Gasteiger partial charge in [0.15, 0.2) is 0 Å². The van der Waals surface area contributed by atoms with Gasteiger partial charge in [-0.3, -0.25) is 14.6 Å². The van der Waals surface area contributed by atoms with Crippen LogP contribution in [0.3, 0.4) is 0 Å². The highest BCUT2D eigenvalue weighted by molar-refractivity contribution is 6.30. The average molecular weight is 346 g/mol. The zero-order chi connectivity index (χ0) is 16.9. The van der Waals surface area contributed by atoms with Gasteiger partial charge >= 0.3 is 0 Å². The summed E-state index contributed by atoms with van der Waals surface area (Å²) < 4.78 is 5.54. The van der Waals surface area contributed by atoms with Crippen molar-refractivity contribution >= 4 is 29.1 Å². The molecule has 1 aliphatic rings. The maximum absolute atomic E-state index is 12.4. The molecule has 0 spiro atoms. The molecule has 2 N–H and O–H groups in total. The summed E-state index contributed by atoms with van der Waals surface area (Å²) in [5.74, 6) is -0.248. The van der Waals surface area contributed by atoms with E-state index in [4.69, 9.17) is 16.3 Å². The molecule has 0 bridgehead atoms. The monoisotopic (exact) mass is 345 g/mol. The molecule has 0 aliphatic carbocycles. The van der Waals surface area contributed by atoms with Gasteiger partial charge in [-0.1, -0.05) is 11.6 Å². The number of hydrogen-bond acceptors (Lipinski definition) is 4. The number of carbonyl (C=O) groups is 2. The van der Waals surface area contributed by atoms with Gasteiger partial charge in [-0.2, -0.15) is 0 Å². The van der Waals surface area contributed by atoms with Gasteiger partial charge in [0.2, 0.25) is 11.8 Å². The van der Waals surface area contributed by atoms with Crippen LogP contribution in [0.5, 0.6) is 5.75 Å². The first kappa shape index (κ1) is 16.3. The zero-order valence-electron chi connectivity index (χ0n) is 12.8. The summed E-state index contributed by atoms with van der Waals surface area (Å²) in [5.41, 5.74) is 1.33. The van der Waals surface area contributed by atoms with E-state index in [1.807, 2.05) is 0 Å². The molecule has 3 rings (SSSR count). The number of nitrogens with zero attached hydrogens (tertiary/aromatic N) is 1. The minimum Gasteiger partial charge on any atom is -0.493 e. The van der Waals surface area contributed by atoms with Crippen molar-refractivity contribution < 1.29 is 14.3 Å². The molecular formula is C17H16ClN3O3. The zero-order valence-corrected chi connectivity index (χ0v) is 13.5. The van der Waals surface area contributed by atoms with Gasteiger partial charge in [0, 0.05) is 16.8 Å². The number of pyridine rings is 1. The Morgan fingerprint density at radius 2 is 2.21 bits per heavy atom. The Balaban J connectivity index is 1.60. The smallest absolute Gasteiger partial charge is 0.243 e. The number of anilines is 1. The van der Waals surface area contributed by atoms with E-state index in [1.165, 1.54) is 6.20 Å². The highest BCUT2D eigenvalue weighted by atomic mass is 35.5. The number of nitrogens with one attached hydrogen (secondary N) is 2. The summed E-state index contributed by atoms with van der Waals surface area (Å²) >= 11 is 6.01. The second kappa shape index (κ2) is 7.31. The quantitative estimate of drug-likeness (QED) is 0.891. The van der Waals surface area contributed by atoms with E-state index >= 15 is 0 Å². The molecule has 2 amide bonds. The first-order valence-corrected chi connectivity index (χ1v) is 7.91. The number of benzene rings is 1. The van der Waals surface area contributed by atoms with E-state index in [1.54, 1.807) is 36.5 Å². The minimum absolute atomic E-state index is 0.110. The van der Waals surface area contributed by atoms with Crippen LogP contribution in [0.2, 0.25) is 5.02 Å². The fraction of sp³-hybridized carbons (Fsp3) is 0.235. The van der Waals surface area contributed by atoms with E-state index in [2.05, 4.69) is 15.6 Å². The molecule has 1 atom stereocenters. The van der Waals surface area contributed by atoms with Gasteiger partial charge in [-0.25, -0.2) is 0 Å². The Hall–Kier alpha value is -2.60. The molecule has 1 aromatic carbocycles. The van der Waals surface area contributed by atoms with Crippen LogP contribution < -0.4 is 15.4 Å². The Kier molecular flexibility index (Phi) is 4.96. The Labute approximate surface area is 144 Å². The fourth-order valence-electron chi connectivity index (χ4n) is 2.57. The molecular weight excluding hydrogens is 330 g/mol. The summed E-state index contributed by atoms with van der Waals surface area (Å²) in [6, 6.07) is 8.66. The van der Waals surface area contributed by atoms with Crippen LogP contribution in [0.15, 0.2) is 42.7 Å². The summed E-state index contributed by atoms with van der Waals surface area (Å²) in [6.45, 7) is 0.343. The molecule has 2 heterocycles. The van der Waals surface area contributed by atoms with Crippen LogP contribution in [-0.2, 0) is 9.59 Å². The number of amides is 2. The largest absolute Gasteiger partial charge is 0.493 e. The number of fused-ring (bicyclic) bond motifs is 1. The summed E-state index contributed by atoms with van der Waals surface area (Å²) in [5, 5.41) is 5.88. The second-order valence-corrected chi connectivity index (χ2v) is 5.82. The third-order valence-electron chi connectivity index (χ3n) is 3.70. The van der Waals surface area contributed by atoms with Gasteiger partial charge in [0.25, 0.3) is 0 Å². The van der Waals surface area contributed by atoms with Crippen LogP contribution in [-0.4, -0.2) is 29.9 Å². The number of hydrogen-bond donors (Lipinski definition) is 2. The summed E-state index contributed by atoms with van der Waals surface area (Å²) in [6.07, 6.45) is 3.70.